The Morgan fingerprint density at radius 2 is 1.95 bits per heavy atom. The fourth-order valence-corrected chi connectivity index (χ4v) is 2.58. The minimum absolute atomic E-state index is 0.275. The van der Waals surface area contributed by atoms with Gasteiger partial charge in [0.15, 0.2) is 12.4 Å². The van der Waals surface area contributed by atoms with E-state index < -0.39 is 5.97 Å². The molecule has 0 bridgehead atoms. The molecular formula is C15H16N2O4S. The van der Waals surface area contributed by atoms with Crippen LogP contribution in [0.25, 0.3) is 0 Å². The van der Waals surface area contributed by atoms with E-state index in [1.54, 1.807) is 45.3 Å². The highest BCUT2D eigenvalue weighted by molar-refractivity contribution is 7.10. The first-order chi connectivity index (χ1) is 10.6. The number of ketones is 1. The number of carbonyl (C=O) groups excluding carboxylic acids is 2. The summed E-state index contributed by atoms with van der Waals surface area (Å²) in [4.78, 5) is 24.1. The van der Waals surface area contributed by atoms with Crippen LogP contribution in [0.1, 0.15) is 26.4 Å². The molecule has 1 heterocycles. The van der Waals surface area contributed by atoms with E-state index in [-0.39, 0.29) is 12.4 Å². The summed E-state index contributed by atoms with van der Waals surface area (Å²) in [5, 5.41) is 3.51. The molecule has 22 heavy (non-hydrogen) atoms. The van der Waals surface area contributed by atoms with Crippen molar-refractivity contribution < 1.29 is 19.1 Å². The molecule has 0 amide bonds. The van der Waals surface area contributed by atoms with E-state index in [1.807, 2.05) is 0 Å². The number of benzene rings is 1. The second-order valence-corrected chi connectivity index (χ2v) is 5.22. The lowest BCUT2D eigenvalue weighted by molar-refractivity contribution is 0.0475. The van der Waals surface area contributed by atoms with Crippen LogP contribution in [0.2, 0.25) is 0 Å². The predicted molar refractivity (Wildman–Crippen MR) is 84.0 cm³/mol. The Kier molecular flexibility index (Phi) is 5.11. The number of ether oxygens (including phenoxy) is 2. The maximum atomic E-state index is 12.1. The summed E-state index contributed by atoms with van der Waals surface area (Å²) in [6.45, 7) is 1.41. The Balaban J connectivity index is 2.01. The first kappa shape index (κ1) is 16.0. The van der Waals surface area contributed by atoms with Crippen LogP contribution in [-0.2, 0) is 4.74 Å². The van der Waals surface area contributed by atoms with Gasteiger partial charge in [-0.25, -0.2) is 4.79 Å². The summed E-state index contributed by atoms with van der Waals surface area (Å²) in [5.74, 6) is -0.174. The molecule has 0 aliphatic heterocycles. The van der Waals surface area contributed by atoms with E-state index in [0.717, 1.165) is 0 Å². The Morgan fingerprint density at radius 3 is 2.55 bits per heavy atom. The van der Waals surface area contributed by atoms with Crippen molar-refractivity contribution in [3.63, 3.8) is 0 Å². The zero-order chi connectivity index (χ0) is 16.1. The molecule has 116 valence electrons. The number of Topliss-reactive ketones (excluding diaryl/α,β-unsaturated/α-hetero) is 1. The number of hydrogen-bond donors (Lipinski definition) is 1. The quantitative estimate of drug-likeness (QED) is 0.651. The molecule has 2 rings (SSSR count). The summed E-state index contributed by atoms with van der Waals surface area (Å²) in [6, 6.07) is 6.62. The Bertz CT molecular complexity index is 679. The number of esters is 1. The van der Waals surface area contributed by atoms with Gasteiger partial charge in [-0.3, -0.25) is 4.79 Å². The Morgan fingerprint density at radius 1 is 1.27 bits per heavy atom. The summed E-state index contributed by atoms with van der Waals surface area (Å²) in [6.07, 6.45) is 0. The van der Waals surface area contributed by atoms with E-state index >= 15 is 0 Å². The van der Waals surface area contributed by atoms with Crippen LogP contribution in [0.15, 0.2) is 24.3 Å². The van der Waals surface area contributed by atoms with Gasteiger partial charge >= 0.3 is 5.97 Å². The van der Waals surface area contributed by atoms with Gasteiger partial charge in [0, 0.05) is 12.6 Å². The third kappa shape index (κ3) is 3.43. The van der Waals surface area contributed by atoms with Crippen molar-refractivity contribution in [3.8, 4) is 5.75 Å². The molecule has 7 heteroatoms. The van der Waals surface area contributed by atoms with Crippen LogP contribution in [-0.4, -0.2) is 36.9 Å². The summed E-state index contributed by atoms with van der Waals surface area (Å²) >= 11 is 1.18. The Hall–Kier alpha value is -2.41. The van der Waals surface area contributed by atoms with Gasteiger partial charge in [0.1, 0.15) is 16.3 Å². The van der Waals surface area contributed by atoms with Gasteiger partial charge in [-0.1, -0.05) is 0 Å². The zero-order valence-electron chi connectivity index (χ0n) is 12.5. The van der Waals surface area contributed by atoms with Crippen LogP contribution in [0, 0.1) is 6.92 Å². The number of rotatable bonds is 6. The topological polar surface area (TPSA) is 77.5 Å². The molecule has 0 aliphatic rings. The standard InChI is InChI=1S/C15H16N2O4S/c1-9-13(14(16-2)22-17-9)15(19)21-8-12(18)10-4-6-11(20-3)7-5-10/h4-7,16H,8H2,1-3H3. The van der Waals surface area contributed by atoms with Gasteiger partial charge in [-0.2, -0.15) is 4.37 Å². The number of hydrogen-bond acceptors (Lipinski definition) is 7. The third-order valence-electron chi connectivity index (χ3n) is 3.04. The lowest BCUT2D eigenvalue weighted by atomic mass is 10.1. The highest BCUT2D eigenvalue weighted by Gasteiger charge is 2.20. The van der Waals surface area contributed by atoms with Crippen LogP contribution in [0.5, 0.6) is 5.75 Å². The van der Waals surface area contributed by atoms with Gasteiger partial charge in [-0.05, 0) is 42.7 Å². The van der Waals surface area contributed by atoms with Crippen molar-refractivity contribution in [2.75, 3.05) is 26.1 Å². The maximum Gasteiger partial charge on any atom is 0.343 e. The zero-order valence-corrected chi connectivity index (χ0v) is 13.3. The molecule has 0 aliphatic carbocycles. The van der Waals surface area contributed by atoms with E-state index in [2.05, 4.69) is 9.69 Å². The van der Waals surface area contributed by atoms with Crippen LogP contribution in [0.3, 0.4) is 0 Å². The van der Waals surface area contributed by atoms with Gasteiger partial charge in [-0.15, -0.1) is 0 Å². The molecule has 0 fully saturated rings. The summed E-state index contributed by atoms with van der Waals surface area (Å²) < 4.78 is 14.2. The highest BCUT2D eigenvalue weighted by atomic mass is 32.1. The van der Waals surface area contributed by atoms with Crippen LogP contribution >= 0.6 is 11.5 Å². The smallest absolute Gasteiger partial charge is 0.343 e. The number of carbonyl (C=O) groups is 2. The summed E-state index contributed by atoms with van der Waals surface area (Å²) in [5.41, 5.74) is 1.41. The molecule has 0 unspecified atom stereocenters. The third-order valence-corrected chi connectivity index (χ3v) is 4.00. The lowest BCUT2D eigenvalue weighted by Crippen LogP contribution is -2.15. The van der Waals surface area contributed by atoms with Crippen molar-refractivity contribution in [1.82, 2.24) is 4.37 Å². The average molecular weight is 320 g/mol. The molecule has 2 aromatic rings. The molecule has 0 saturated heterocycles. The number of aromatic nitrogens is 1. The van der Waals surface area contributed by atoms with Crippen molar-refractivity contribution >= 4 is 28.3 Å². The molecule has 0 saturated carbocycles. The van der Waals surface area contributed by atoms with Crippen molar-refractivity contribution in [2.24, 2.45) is 0 Å². The number of anilines is 1. The highest BCUT2D eigenvalue weighted by Crippen LogP contribution is 2.24. The first-order valence-electron chi connectivity index (χ1n) is 6.55. The number of nitrogens with one attached hydrogen (secondary N) is 1. The molecule has 1 N–H and O–H groups in total. The maximum absolute atomic E-state index is 12.1. The van der Waals surface area contributed by atoms with Gasteiger partial charge in [0.05, 0.1) is 12.8 Å². The number of nitrogens with zero attached hydrogens (tertiary/aromatic N) is 1. The van der Waals surface area contributed by atoms with Crippen molar-refractivity contribution in [3.05, 3.63) is 41.1 Å². The van der Waals surface area contributed by atoms with E-state index in [0.29, 0.717) is 27.6 Å². The SMILES string of the molecule is CNc1snc(C)c1C(=O)OCC(=O)c1ccc(OC)cc1. The molecule has 1 aromatic heterocycles. The predicted octanol–water partition coefficient (Wildman–Crippen LogP) is 2.54. The number of methoxy groups -OCH3 is 1. The monoisotopic (exact) mass is 320 g/mol. The Labute approximate surface area is 132 Å². The van der Waals surface area contributed by atoms with Gasteiger partial charge in [0.2, 0.25) is 0 Å². The van der Waals surface area contributed by atoms with E-state index in [1.165, 1.54) is 11.5 Å². The fraction of sp³-hybridized carbons (Fsp3) is 0.267. The first-order valence-corrected chi connectivity index (χ1v) is 7.32. The van der Waals surface area contributed by atoms with Crippen molar-refractivity contribution in [2.45, 2.75) is 6.92 Å². The summed E-state index contributed by atoms with van der Waals surface area (Å²) in [7, 11) is 3.25. The second kappa shape index (κ2) is 7.04. The van der Waals surface area contributed by atoms with Crippen LogP contribution < -0.4 is 10.1 Å². The van der Waals surface area contributed by atoms with E-state index in [4.69, 9.17) is 9.47 Å². The fourth-order valence-electron chi connectivity index (χ4n) is 1.84. The second-order valence-electron chi connectivity index (χ2n) is 4.45. The van der Waals surface area contributed by atoms with Gasteiger partial charge < -0.3 is 14.8 Å². The molecular weight excluding hydrogens is 304 g/mol. The van der Waals surface area contributed by atoms with E-state index in [9.17, 15) is 9.59 Å². The average Bonchev–Trinajstić information content (AvgIpc) is 2.93. The van der Waals surface area contributed by atoms with Gasteiger partial charge in [0.25, 0.3) is 0 Å². The molecule has 0 spiro atoms. The normalized spacial score (nSPS) is 10.1. The molecule has 1 aromatic carbocycles. The van der Waals surface area contributed by atoms with Crippen LogP contribution in [0.4, 0.5) is 5.00 Å². The lowest BCUT2D eigenvalue weighted by Gasteiger charge is -2.06. The minimum Gasteiger partial charge on any atom is -0.497 e. The number of aryl methyl sites for hydroxylation is 1. The van der Waals surface area contributed by atoms with Crippen molar-refractivity contribution in [1.29, 1.82) is 0 Å². The molecule has 6 nitrogen and oxygen atoms in total. The molecule has 0 radical (unpaired) electrons. The minimum atomic E-state index is -0.558. The molecule has 0 atom stereocenters. The largest absolute Gasteiger partial charge is 0.497 e.